The average molecular weight is 382 g/mol. The Morgan fingerprint density at radius 3 is 2.54 bits per heavy atom. The first-order valence-corrected chi connectivity index (χ1v) is 7.96. The van der Waals surface area contributed by atoms with Gasteiger partial charge in [0.15, 0.2) is 5.82 Å². The second kappa shape index (κ2) is 6.87. The Morgan fingerprint density at radius 2 is 1.92 bits per heavy atom. The lowest BCUT2D eigenvalue weighted by Crippen LogP contribution is -2.05. The zero-order valence-electron chi connectivity index (χ0n) is 13.7. The predicted molar refractivity (Wildman–Crippen MR) is 94.6 cm³/mol. The Hall–Kier alpha value is -2.74. The van der Waals surface area contributed by atoms with E-state index in [9.17, 15) is 13.2 Å². The maximum absolute atomic E-state index is 12.8. The molecule has 0 aliphatic carbocycles. The molecular formula is C17H15ClF3N5. The molecule has 0 saturated carbocycles. The quantitative estimate of drug-likeness (QED) is 0.659. The number of nitrogens with one attached hydrogen (secondary N) is 1. The van der Waals surface area contributed by atoms with Crippen molar-refractivity contribution in [1.82, 2.24) is 14.5 Å². The number of aryl methyl sites for hydroxylation is 1. The van der Waals surface area contributed by atoms with Crippen LogP contribution < -0.4 is 11.1 Å². The summed E-state index contributed by atoms with van der Waals surface area (Å²) in [5.74, 6) is 0.423. The fourth-order valence-electron chi connectivity index (χ4n) is 2.50. The molecule has 2 aromatic heterocycles. The van der Waals surface area contributed by atoms with Crippen LogP contribution in [0.3, 0.4) is 0 Å². The minimum absolute atomic E-state index is 0.0845. The molecule has 0 amide bonds. The molecule has 9 heteroatoms. The van der Waals surface area contributed by atoms with Gasteiger partial charge in [-0.25, -0.2) is 4.98 Å². The van der Waals surface area contributed by atoms with E-state index in [0.29, 0.717) is 29.3 Å². The van der Waals surface area contributed by atoms with Crippen molar-refractivity contribution in [3.8, 4) is 11.3 Å². The fraction of sp³-hybridized carbons (Fsp3) is 0.176. The lowest BCUT2D eigenvalue weighted by atomic mass is 10.1. The number of rotatable bonds is 4. The van der Waals surface area contributed by atoms with Crippen LogP contribution in [-0.4, -0.2) is 14.5 Å². The molecule has 136 valence electrons. The van der Waals surface area contributed by atoms with E-state index in [4.69, 9.17) is 17.3 Å². The summed E-state index contributed by atoms with van der Waals surface area (Å²) in [6.07, 6.45) is -1.88. The fourth-order valence-corrected chi connectivity index (χ4v) is 2.63. The lowest BCUT2D eigenvalue weighted by Gasteiger charge is -2.09. The van der Waals surface area contributed by atoms with E-state index in [1.807, 2.05) is 12.1 Å². The van der Waals surface area contributed by atoms with Crippen molar-refractivity contribution < 1.29 is 13.2 Å². The molecule has 0 spiro atoms. The number of nitrogens with zero attached hydrogens (tertiary/aromatic N) is 3. The number of nitrogens with two attached hydrogens (primary N) is 1. The molecule has 0 saturated heterocycles. The average Bonchev–Trinajstić information content (AvgIpc) is 2.98. The summed E-state index contributed by atoms with van der Waals surface area (Å²) in [4.78, 5) is 7.77. The minimum atomic E-state index is -4.36. The van der Waals surface area contributed by atoms with E-state index in [2.05, 4.69) is 15.3 Å². The topological polar surface area (TPSA) is 68.8 Å². The Balaban J connectivity index is 1.75. The summed E-state index contributed by atoms with van der Waals surface area (Å²) in [5.41, 5.74) is 7.56. The Bertz CT molecular complexity index is 919. The first-order valence-electron chi connectivity index (χ1n) is 7.59. The van der Waals surface area contributed by atoms with Gasteiger partial charge in [0.05, 0.1) is 17.4 Å². The number of hydrogen-bond donors (Lipinski definition) is 2. The molecule has 0 aliphatic heterocycles. The van der Waals surface area contributed by atoms with Crippen molar-refractivity contribution >= 4 is 23.1 Å². The van der Waals surface area contributed by atoms with Crippen LogP contribution in [-0.2, 0) is 19.8 Å². The van der Waals surface area contributed by atoms with Crippen LogP contribution in [0.2, 0.25) is 5.28 Å². The number of nitrogen functional groups attached to an aromatic ring is 1. The summed E-state index contributed by atoms with van der Waals surface area (Å²) < 4.78 is 40.0. The molecule has 0 atom stereocenters. The molecule has 3 N–H and O–H groups in total. The molecule has 0 radical (unpaired) electrons. The molecule has 1 aromatic carbocycles. The first-order chi connectivity index (χ1) is 12.2. The number of hydrogen-bond acceptors (Lipinski definition) is 4. The molecule has 3 aromatic rings. The van der Waals surface area contributed by atoms with Crippen molar-refractivity contribution in [3.63, 3.8) is 0 Å². The largest absolute Gasteiger partial charge is 0.417 e. The van der Waals surface area contributed by atoms with Crippen molar-refractivity contribution in [2.45, 2.75) is 12.7 Å². The molecule has 2 heterocycles. The van der Waals surface area contributed by atoms with Crippen molar-refractivity contribution in [1.29, 1.82) is 0 Å². The van der Waals surface area contributed by atoms with E-state index in [0.717, 1.165) is 17.8 Å². The smallest absolute Gasteiger partial charge is 0.394 e. The molecule has 0 bridgehead atoms. The van der Waals surface area contributed by atoms with Crippen LogP contribution in [0.15, 0.2) is 42.7 Å². The number of benzene rings is 1. The van der Waals surface area contributed by atoms with Gasteiger partial charge in [0.25, 0.3) is 0 Å². The van der Waals surface area contributed by atoms with Crippen LogP contribution in [0.4, 0.5) is 24.7 Å². The number of anilines is 2. The molecule has 0 aliphatic rings. The molecule has 0 fully saturated rings. The third kappa shape index (κ3) is 3.91. The molecule has 5 nitrogen and oxygen atoms in total. The van der Waals surface area contributed by atoms with E-state index in [1.165, 1.54) is 10.8 Å². The normalized spacial score (nSPS) is 11.6. The van der Waals surface area contributed by atoms with Crippen LogP contribution in [0.1, 0.15) is 11.1 Å². The molecule has 3 rings (SSSR count). The standard InChI is InChI=1S/C17H15ClF3N5/c1-26-9-12(17(19,20)21)6-14(26)11-4-2-10(3-5-11)7-23-15-13(22)8-24-16(18)25-15/h2-6,8-9H,7,22H2,1H3,(H,23,24,25). The summed E-state index contributed by atoms with van der Waals surface area (Å²) >= 11 is 5.74. The summed E-state index contributed by atoms with van der Waals surface area (Å²) in [7, 11) is 1.58. The number of halogens is 4. The maximum Gasteiger partial charge on any atom is 0.417 e. The maximum atomic E-state index is 12.8. The van der Waals surface area contributed by atoms with E-state index < -0.39 is 11.7 Å². The molecular weight excluding hydrogens is 367 g/mol. The Morgan fingerprint density at radius 1 is 1.23 bits per heavy atom. The highest BCUT2D eigenvalue weighted by molar-refractivity contribution is 6.28. The highest BCUT2D eigenvalue weighted by Crippen LogP contribution is 2.33. The second-order valence-electron chi connectivity index (χ2n) is 5.72. The van der Waals surface area contributed by atoms with Gasteiger partial charge >= 0.3 is 6.18 Å². The van der Waals surface area contributed by atoms with Gasteiger partial charge < -0.3 is 15.6 Å². The van der Waals surface area contributed by atoms with Crippen molar-refractivity contribution in [2.24, 2.45) is 7.05 Å². The third-order valence-corrected chi connectivity index (χ3v) is 4.01. The van der Waals surface area contributed by atoms with Gasteiger partial charge in [-0.05, 0) is 28.8 Å². The SMILES string of the molecule is Cn1cc(C(F)(F)F)cc1-c1ccc(CNc2nc(Cl)ncc2N)cc1. The van der Waals surface area contributed by atoms with Crippen LogP contribution >= 0.6 is 11.6 Å². The van der Waals surface area contributed by atoms with E-state index in [-0.39, 0.29) is 5.28 Å². The van der Waals surface area contributed by atoms with Gasteiger partial charge in [-0.3, -0.25) is 0 Å². The molecule has 0 unspecified atom stereocenters. The van der Waals surface area contributed by atoms with Crippen LogP contribution in [0.5, 0.6) is 0 Å². The first kappa shape index (κ1) is 18.1. The molecule has 26 heavy (non-hydrogen) atoms. The van der Waals surface area contributed by atoms with Crippen LogP contribution in [0, 0.1) is 0 Å². The van der Waals surface area contributed by atoms with E-state index >= 15 is 0 Å². The van der Waals surface area contributed by atoms with Gasteiger partial charge in [-0.1, -0.05) is 24.3 Å². The summed E-state index contributed by atoms with van der Waals surface area (Å²) in [6, 6.07) is 8.31. The monoisotopic (exact) mass is 381 g/mol. The highest BCUT2D eigenvalue weighted by atomic mass is 35.5. The van der Waals surface area contributed by atoms with Gasteiger partial charge in [-0.2, -0.15) is 18.2 Å². The van der Waals surface area contributed by atoms with Gasteiger partial charge in [-0.15, -0.1) is 0 Å². The number of alkyl halides is 3. The van der Waals surface area contributed by atoms with Gasteiger partial charge in [0, 0.05) is 25.5 Å². The Kier molecular flexibility index (Phi) is 4.78. The highest BCUT2D eigenvalue weighted by Gasteiger charge is 2.32. The summed E-state index contributed by atoms with van der Waals surface area (Å²) in [6.45, 7) is 0.429. The van der Waals surface area contributed by atoms with Gasteiger partial charge in [0.2, 0.25) is 5.28 Å². The summed E-state index contributed by atoms with van der Waals surface area (Å²) in [5, 5.41) is 3.13. The minimum Gasteiger partial charge on any atom is -0.394 e. The van der Waals surface area contributed by atoms with Gasteiger partial charge in [0.1, 0.15) is 0 Å². The Labute approximate surface area is 152 Å². The van der Waals surface area contributed by atoms with E-state index in [1.54, 1.807) is 19.2 Å². The van der Waals surface area contributed by atoms with Crippen molar-refractivity contribution in [3.05, 3.63) is 59.1 Å². The predicted octanol–water partition coefficient (Wildman–Crippen LogP) is 4.35. The zero-order valence-corrected chi connectivity index (χ0v) is 14.4. The second-order valence-corrected chi connectivity index (χ2v) is 6.05. The third-order valence-electron chi connectivity index (χ3n) is 3.83. The van der Waals surface area contributed by atoms with Crippen LogP contribution in [0.25, 0.3) is 11.3 Å². The van der Waals surface area contributed by atoms with Crippen molar-refractivity contribution in [2.75, 3.05) is 11.1 Å². The zero-order chi connectivity index (χ0) is 18.9. The number of aromatic nitrogens is 3. The lowest BCUT2D eigenvalue weighted by molar-refractivity contribution is -0.137.